The molecule has 0 aliphatic heterocycles. The normalized spacial score (nSPS) is 13.9. The van der Waals surface area contributed by atoms with E-state index in [1.807, 2.05) is 39.8 Å². The molecule has 1 N–H and O–H groups in total. The average molecular weight is 277 g/mol. The molecular weight excluding hydrogens is 250 g/mol. The van der Waals surface area contributed by atoms with Gasteiger partial charge >= 0.3 is 0 Å². The molecular formula is C17H27NO2. The summed E-state index contributed by atoms with van der Waals surface area (Å²) in [6.45, 7) is 12.2. The second-order valence-corrected chi connectivity index (χ2v) is 5.88. The lowest BCUT2D eigenvalue weighted by Gasteiger charge is -2.22. The van der Waals surface area contributed by atoms with Crippen LogP contribution in [0.25, 0.3) is 0 Å². The van der Waals surface area contributed by atoms with Crippen molar-refractivity contribution >= 4 is 5.91 Å². The monoisotopic (exact) mass is 277 g/mol. The number of benzene rings is 1. The molecule has 1 amide bonds. The first-order valence-electron chi connectivity index (χ1n) is 7.38. The number of nitrogens with one attached hydrogen (secondary N) is 1. The van der Waals surface area contributed by atoms with E-state index in [4.69, 9.17) is 4.74 Å². The van der Waals surface area contributed by atoms with Gasteiger partial charge in [0.05, 0.1) is 0 Å². The molecule has 20 heavy (non-hydrogen) atoms. The van der Waals surface area contributed by atoms with Gasteiger partial charge in [0.1, 0.15) is 5.75 Å². The smallest absolute Gasteiger partial charge is 0.261 e. The van der Waals surface area contributed by atoms with Crippen molar-refractivity contribution < 1.29 is 9.53 Å². The van der Waals surface area contributed by atoms with Crippen LogP contribution < -0.4 is 10.1 Å². The minimum Gasteiger partial charge on any atom is -0.481 e. The SMILES string of the molecule is CC[C@H](Oc1cc(C)cc(C)c1)C(=O)N[C@H](C)C(C)C. The topological polar surface area (TPSA) is 38.3 Å². The molecule has 0 unspecified atom stereocenters. The highest BCUT2D eigenvalue weighted by atomic mass is 16.5. The lowest BCUT2D eigenvalue weighted by molar-refractivity contribution is -0.129. The van der Waals surface area contributed by atoms with Gasteiger partial charge in [-0.05, 0) is 56.4 Å². The molecule has 1 aromatic rings. The maximum Gasteiger partial charge on any atom is 0.261 e. The van der Waals surface area contributed by atoms with E-state index in [1.165, 1.54) is 0 Å². The molecule has 3 heteroatoms. The van der Waals surface area contributed by atoms with E-state index in [0.717, 1.165) is 16.9 Å². The number of hydrogen-bond donors (Lipinski definition) is 1. The Morgan fingerprint density at radius 3 is 2.15 bits per heavy atom. The number of carbonyl (C=O) groups excluding carboxylic acids is 1. The summed E-state index contributed by atoms with van der Waals surface area (Å²) in [7, 11) is 0. The molecule has 1 aromatic carbocycles. The Morgan fingerprint density at radius 1 is 1.15 bits per heavy atom. The maximum atomic E-state index is 12.2. The quantitative estimate of drug-likeness (QED) is 0.862. The fourth-order valence-corrected chi connectivity index (χ4v) is 1.97. The minimum absolute atomic E-state index is 0.0344. The number of amides is 1. The van der Waals surface area contributed by atoms with Crippen LogP contribution in [0.1, 0.15) is 45.2 Å². The first-order chi connectivity index (χ1) is 9.33. The number of carbonyl (C=O) groups is 1. The Hall–Kier alpha value is -1.51. The molecule has 0 fully saturated rings. The molecule has 0 spiro atoms. The van der Waals surface area contributed by atoms with Crippen LogP contribution >= 0.6 is 0 Å². The van der Waals surface area contributed by atoms with Crippen molar-refractivity contribution in [3.8, 4) is 5.75 Å². The van der Waals surface area contributed by atoms with E-state index < -0.39 is 6.10 Å². The lowest BCUT2D eigenvalue weighted by atomic mass is 10.1. The summed E-state index contributed by atoms with van der Waals surface area (Å²) in [5, 5.41) is 3.02. The van der Waals surface area contributed by atoms with Crippen molar-refractivity contribution in [1.29, 1.82) is 0 Å². The van der Waals surface area contributed by atoms with E-state index in [1.54, 1.807) is 0 Å². The highest BCUT2D eigenvalue weighted by molar-refractivity contribution is 5.81. The van der Waals surface area contributed by atoms with Crippen molar-refractivity contribution in [3.05, 3.63) is 29.3 Å². The van der Waals surface area contributed by atoms with Crippen LogP contribution in [0, 0.1) is 19.8 Å². The largest absolute Gasteiger partial charge is 0.481 e. The van der Waals surface area contributed by atoms with Crippen LogP contribution in [0.15, 0.2) is 18.2 Å². The van der Waals surface area contributed by atoms with Gasteiger partial charge < -0.3 is 10.1 Å². The standard InChI is InChI=1S/C17H27NO2/c1-7-16(17(19)18-14(6)11(2)3)20-15-9-12(4)8-13(5)10-15/h8-11,14,16H,7H2,1-6H3,(H,18,19)/t14-,16+/m1/s1. The Kier molecular flexibility index (Phi) is 6.05. The van der Waals surface area contributed by atoms with Gasteiger partial charge in [-0.15, -0.1) is 0 Å². The van der Waals surface area contributed by atoms with Gasteiger partial charge in [-0.25, -0.2) is 0 Å². The van der Waals surface area contributed by atoms with Crippen molar-refractivity contribution in [2.75, 3.05) is 0 Å². The fraction of sp³-hybridized carbons (Fsp3) is 0.588. The van der Waals surface area contributed by atoms with Crippen LogP contribution in [-0.4, -0.2) is 18.1 Å². The Bertz CT molecular complexity index is 434. The summed E-state index contributed by atoms with van der Waals surface area (Å²) in [5.41, 5.74) is 2.29. The molecule has 1 rings (SSSR count). The van der Waals surface area contributed by atoms with Crippen molar-refractivity contribution in [2.45, 2.75) is 60.1 Å². The first-order valence-corrected chi connectivity index (χ1v) is 7.38. The zero-order chi connectivity index (χ0) is 15.3. The summed E-state index contributed by atoms with van der Waals surface area (Å²) in [5.74, 6) is 1.15. The first kappa shape index (κ1) is 16.5. The molecule has 0 bridgehead atoms. The predicted molar refractivity (Wildman–Crippen MR) is 83.1 cm³/mol. The van der Waals surface area contributed by atoms with Crippen molar-refractivity contribution in [3.63, 3.8) is 0 Å². The zero-order valence-electron chi connectivity index (χ0n) is 13.5. The van der Waals surface area contributed by atoms with Crippen LogP contribution in [0.4, 0.5) is 0 Å². The lowest BCUT2D eigenvalue weighted by Crippen LogP contribution is -2.44. The van der Waals surface area contributed by atoms with E-state index in [9.17, 15) is 4.79 Å². The maximum absolute atomic E-state index is 12.2. The van der Waals surface area contributed by atoms with Gasteiger partial charge in [0.25, 0.3) is 5.91 Å². The Labute approximate surface area is 122 Å². The number of hydrogen-bond acceptors (Lipinski definition) is 2. The molecule has 3 nitrogen and oxygen atoms in total. The third-order valence-corrected chi connectivity index (χ3v) is 3.51. The molecule has 0 radical (unpaired) electrons. The third kappa shape index (κ3) is 4.87. The zero-order valence-corrected chi connectivity index (χ0v) is 13.5. The average Bonchev–Trinajstić information content (AvgIpc) is 2.34. The summed E-state index contributed by atoms with van der Waals surface area (Å²) in [4.78, 5) is 12.2. The number of ether oxygens (including phenoxy) is 1. The van der Waals surface area contributed by atoms with E-state index in [2.05, 4.69) is 25.2 Å². The van der Waals surface area contributed by atoms with Gasteiger partial charge in [0.2, 0.25) is 0 Å². The summed E-state index contributed by atoms with van der Waals surface area (Å²) in [6.07, 6.45) is 0.223. The van der Waals surface area contributed by atoms with Gasteiger partial charge in [-0.2, -0.15) is 0 Å². The van der Waals surface area contributed by atoms with E-state index in [0.29, 0.717) is 12.3 Å². The molecule has 0 heterocycles. The van der Waals surface area contributed by atoms with Crippen LogP contribution in [-0.2, 0) is 4.79 Å². The van der Waals surface area contributed by atoms with Gasteiger partial charge in [-0.3, -0.25) is 4.79 Å². The molecule has 0 saturated carbocycles. The van der Waals surface area contributed by atoms with Crippen molar-refractivity contribution in [1.82, 2.24) is 5.32 Å². The van der Waals surface area contributed by atoms with Gasteiger partial charge in [0.15, 0.2) is 6.10 Å². The van der Waals surface area contributed by atoms with Gasteiger partial charge in [0, 0.05) is 6.04 Å². The predicted octanol–water partition coefficient (Wildman–Crippen LogP) is 3.62. The second-order valence-electron chi connectivity index (χ2n) is 5.88. The van der Waals surface area contributed by atoms with E-state index in [-0.39, 0.29) is 11.9 Å². The van der Waals surface area contributed by atoms with E-state index >= 15 is 0 Å². The summed E-state index contributed by atoms with van der Waals surface area (Å²) >= 11 is 0. The number of rotatable bonds is 6. The summed E-state index contributed by atoms with van der Waals surface area (Å²) in [6, 6.07) is 6.18. The Balaban J connectivity index is 2.73. The van der Waals surface area contributed by atoms with Gasteiger partial charge in [-0.1, -0.05) is 26.8 Å². The molecule has 0 aliphatic rings. The molecule has 0 saturated heterocycles. The number of aryl methyl sites for hydroxylation is 2. The third-order valence-electron chi connectivity index (χ3n) is 3.51. The van der Waals surface area contributed by atoms with Crippen LogP contribution in [0.2, 0.25) is 0 Å². The molecule has 2 atom stereocenters. The Morgan fingerprint density at radius 2 is 1.70 bits per heavy atom. The second kappa shape index (κ2) is 7.32. The molecule has 112 valence electrons. The fourth-order valence-electron chi connectivity index (χ4n) is 1.97. The van der Waals surface area contributed by atoms with Crippen molar-refractivity contribution in [2.24, 2.45) is 5.92 Å². The van der Waals surface area contributed by atoms with Crippen LogP contribution in [0.3, 0.4) is 0 Å². The highest BCUT2D eigenvalue weighted by Gasteiger charge is 2.21. The highest BCUT2D eigenvalue weighted by Crippen LogP contribution is 2.18. The summed E-state index contributed by atoms with van der Waals surface area (Å²) < 4.78 is 5.86. The van der Waals surface area contributed by atoms with Crippen LogP contribution in [0.5, 0.6) is 5.75 Å². The molecule has 0 aromatic heterocycles. The molecule has 0 aliphatic carbocycles. The minimum atomic E-state index is -0.433.